The maximum atomic E-state index is 12.7. The number of ketones is 1. The fraction of sp³-hybridized carbons (Fsp3) is 0.304. The zero-order chi connectivity index (χ0) is 23.7. The van der Waals surface area contributed by atoms with Crippen molar-refractivity contribution in [3.05, 3.63) is 58.2 Å². The minimum atomic E-state index is -0.534. The molecule has 1 heterocycles. The van der Waals surface area contributed by atoms with Gasteiger partial charge in [0.2, 0.25) is 6.79 Å². The summed E-state index contributed by atoms with van der Waals surface area (Å²) in [5, 5.41) is 11.5. The second-order valence-electron chi connectivity index (χ2n) is 6.25. The predicted molar refractivity (Wildman–Crippen MR) is 121 cm³/mol. The molecule has 0 saturated carbocycles. The van der Waals surface area contributed by atoms with Crippen LogP contribution in [0.1, 0.15) is 42.6 Å². The van der Waals surface area contributed by atoms with Crippen LogP contribution in [0.5, 0.6) is 23.0 Å². The minimum absolute atomic E-state index is 0.00921. The number of nitrogens with zero attached hydrogens (tertiary/aromatic N) is 2. The zero-order valence-corrected chi connectivity index (χ0v) is 18.5. The van der Waals surface area contributed by atoms with E-state index in [0.29, 0.717) is 40.7 Å². The van der Waals surface area contributed by atoms with Gasteiger partial charge in [-0.05, 0) is 18.6 Å². The van der Waals surface area contributed by atoms with E-state index < -0.39 is 4.92 Å². The quantitative estimate of drug-likeness (QED) is 0.171. The second-order valence-corrected chi connectivity index (χ2v) is 6.25. The van der Waals surface area contributed by atoms with Crippen molar-refractivity contribution in [3.63, 3.8) is 0 Å². The van der Waals surface area contributed by atoms with Gasteiger partial charge < -0.3 is 18.9 Å². The fourth-order valence-corrected chi connectivity index (χ4v) is 2.91. The summed E-state index contributed by atoms with van der Waals surface area (Å²) in [5.74, 6) is 1.28. The molecule has 0 aliphatic carbocycles. The van der Waals surface area contributed by atoms with Gasteiger partial charge in [0.25, 0.3) is 5.69 Å². The monoisotopic (exact) mass is 442 g/mol. The number of nitro groups is 1. The van der Waals surface area contributed by atoms with Crippen LogP contribution in [0.4, 0.5) is 11.4 Å². The molecule has 9 heteroatoms. The average Bonchev–Trinajstić information content (AvgIpc) is 3.28. The van der Waals surface area contributed by atoms with Gasteiger partial charge in [-0.2, -0.15) is 0 Å². The highest BCUT2D eigenvalue weighted by Crippen LogP contribution is 2.39. The Morgan fingerprint density at radius 3 is 2.38 bits per heavy atom. The standard InChI is InChI=1S/C21H20N2O7.C2H6/c1-4-5-6-17(24)14-8-18(27-2)19(28-3)9-15(14)22-11-13-7-20-21(30-12-29-20)10-16(13)23(25)26;1-2/h4,7-11H,1,5-6,12H2,2-3H3;1-2H3. The Labute approximate surface area is 186 Å². The number of allylic oxidation sites excluding steroid dienone is 1. The van der Waals surface area contributed by atoms with Crippen molar-refractivity contribution in [2.75, 3.05) is 21.0 Å². The molecule has 32 heavy (non-hydrogen) atoms. The Kier molecular flexibility index (Phi) is 8.76. The van der Waals surface area contributed by atoms with Crippen LogP contribution in [0.15, 0.2) is 41.9 Å². The number of benzene rings is 2. The molecule has 170 valence electrons. The number of carbonyl (C=O) groups excluding carboxylic acids is 1. The van der Waals surface area contributed by atoms with E-state index in [4.69, 9.17) is 18.9 Å². The van der Waals surface area contributed by atoms with E-state index in [9.17, 15) is 14.9 Å². The number of carbonyl (C=O) groups is 1. The van der Waals surface area contributed by atoms with E-state index in [1.165, 1.54) is 32.6 Å². The summed E-state index contributed by atoms with van der Waals surface area (Å²) in [6.07, 6.45) is 3.71. The lowest BCUT2D eigenvalue weighted by Gasteiger charge is -2.12. The molecule has 1 aliphatic rings. The van der Waals surface area contributed by atoms with E-state index in [-0.39, 0.29) is 30.2 Å². The van der Waals surface area contributed by atoms with Crippen molar-refractivity contribution in [2.24, 2.45) is 4.99 Å². The van der Waals surface area contributed by atoms with Crippen molar-refractivity contribution in [1.82, 2.24) is 0 Å². The number of hydrogen-bond donors (Lipinski definition) is 0. The Hall–Kier alpha value is -3.88. The molecule has 2 aromatic carbocycles. The van der Waals surface area contributed by atoms with Crippen molar-refractivity contribution in [2.45, 2.75) is 26.7 Å². The topological polar surface area (TPSA) is 109 Å². The molecule has 1 aliphatic heterocycles. The van der Waals surface area contributed by atoms with Crippen LogP contribution < -0.4 is 18.9 Å². The number of rotatable bonds is 9. The first-order valence-electron chi connectivity index (χ1n) is 10.0. The highest BCUT2D eigenvalue weighted by molar-refractivity contribution is 6.02. The van der Waals surface area contributed by atoms with E-state index in [1.807, 2.05) is 13.8 Å². The molecule has 0 unspecified atom stereocenters. The summed E-state index contributed by atoms with van der Waals surface area (Å²) >= 11 is 0. The van der Waals surface area contributed by atoms with Gasteiger partial charge >= 0.3 is 0 Å². The van der Waals surface area contributed by atoms with Crippen LogP contribution in [0.2, 0.25) is 0 Å². The number of Topliss-reactive ketones (excluding diaryl/α,β-unsaturated/α-hetero) is 1. The molecule has 0 fully saturated rings. The van der Waals surface area contributed by atoms with Crippen molar-refractivity contribution >= 4 is 23.4 Å². The Morgan fingerprint density at radius 1 is 1.16 bits per heavy atom. The summed E-state index contributed by atoms with van der Waals surface area (Å²) in [6.45, 7) is 7.62. The third-order valence-corrected chi connectivity index (χ3v) is 4.44. The molecule has 0 bridgehead atoms. The Balaban J connectivity index is 0.00000176. The molecule has 2 aromatic rings. The second kappa shape index (κ2) is 11.5. The van der Waals surface area contributed by atoms with E-state index in [1.54, 1.807) is 18.2 Å². The average molecular weight is 442 g/mol. The maximum Gasteiger partial charge on any atom is 0.282 e. The number of fused-ring (bicyclic) bond motifs is 1. The SMILES string of the molecule is C=CCCC(=O)c1cc(OC)c(OC)cc1N=Cc1cc2c(cc1[N+](=O)[O-])OCO2.CC. The number of methoxy groups -OCH3 is 2. The zero-order valence-electron chi connectivity index (χ0n) is 18.5. The molecular weight excluding hydrogens is 416 g/mol. The Bertz CT molecular complexity index is 1030. The maximum absolute atomic E-state index is 12.7. The van der Waals surface area contributed by atoms with Gasteiger partial charge in [-0.15, -0.1) is 6.58 Å². The van der Waals surface area contributed by atoms with Gasteiger partial charge in [0.05, 0.1) is 36.5 Å². The fourth-order valence-electron chi connectivity index (χ4n) is 2.91. The first-order valence-corrected chi connectivity index (χ1v) is 10.0. The van der Waals surface area contributed by atoms with Gasteiger partial charge in [0, 0.05) is 24.3 Å². The van der Waals surface area contributed by atoms with Crippen LogP contribution in [0, 0.1) is 10.1 Å². The molecule has 0 radical (unpaired) electrons. The summed E-state index contributed by atoms with van der Waals surface area (Å²) in [6, 6.07) is 5.86. The largest absolute Gasteiger partial charge is 0.493 e. The van der Waals surface area contributed by atoms with Crippen LogP contribution in [-0.2, 0) is 0 Å². The van der Waals surface area contributed by atoms with Crippen LogP contribution >= 0.6 is 0 Å². The lowest BCUT2D eigenvalue weighted by atomic mass is 10.0. The van der Waals surface area contributed by atoms with Gasteiger partial charge in [-0.25, -0.2) is 0 Å². The van der Waals surface area contributed by atoms with Crippen molar-refractivity contribution in [1.29, 1.82) is 0 Å². The molecule has 0 atom stereocenters. The predicted octanol–water partition coefficient (Wildman–Crippen LogP) is 5.27. The Morgan fingerprint density at radius 2 is 1.78 bits per heavy atom. The lowest BCUT2D eigenvalue weighted by Crippen LogP contribution is -2.02. The first kappa shape index (κ1) is 24.4. The molecule has 0 N–H and O–H groups in total. The third kappa shape index (κ3) is 5.42. The molecule has 0 saturated heterocycles. The van der Waals surface area contributed by atoms with Gasteiger partial charge in [-0.1, -0.05) is 19.9 Å². The van der Waals surface area contributed by atoms with Crippen LogP contribution in [0.3, 0.4) is 0 Å². The highest BCUT2D eigenvalue weighted by atomic mass is 16.7. The summed E-state index contributed by atoms with van der Waals surface area (Å²) in [7, 11) is 2.93. The van der Waals surface area contributed by atoms with Crippen LogP contribution in [0.25, 0.3) is 0 Å². The normalized spacial score (nSPS) is 11.5. The van der Waals surface area contributed by atoms with Gasteiger partial charge in [-0.3, -0.25) is 19.9 Å². The number of nitro benzene ring substituents is 1. The first-order chi connectivity index (χ1) is 15.5. The van der Waals surface area contributed by atoms with Gasteiger partial charge in [0.1, 0.15) is 0 Å². The van der Waals surface area contributed by atoms with E-state index in [2.05, 4.69) is 11.6 Å². The molecule has 0 amide bonds. The molecule has 0 spiro atoms. The minimum Gasteiger partial charge on any atom is -0.493 e. The van der Waals surface area contributed by atoms with Crippen LogP contribution in [-0.4, -0.2) is 37.9 Å². The molecule has 0 aromatic heterocycles. The summed E-state index contributed by atoms with van der Waals surface area (Å²) < 4.78 is 21.1. The summed E-state index contributed by atoms with van der Waals surface area (Å²) in [5.41, 5.74) is 0.634. The number of ether oxygens (including phenoxy) is 4. The number of aliphatic imine (C=N–C) groups is 1. The van der Waals surface area contributed by atoms with E-state index >= 15 is 0 Å². The molecule has 9 nitrogen and oxygen atoms in total. The smallest absolute Gasteiger partial charge is 0.282 e. The highest BCUT2D eigenvalue weighted by Gasteiger charge is 2.23. The lowest BCUT2D eigenvalue weighted by molar-refractivity contribution is -0.385. The summed E-state index contributed by atoms with van der Waals surface area (Å²) in [4.78, 5) is 27.9. The van der Waals surface area contributed by atoms with Crippen molar-refractivity contribution < 1.29 is 28.7 Å². The van der Waals surface area contributed by atoms with Gasteiger partial charge in [0.15, 0.2) is 28.8 Å². The van der Waals surface area contributed by atoms with E-state index in [0.717, 1.165) is 0 Å². The molecular formula is C23H26N2O7. The number of hydrogen-bond acceptors (Lipinski definition) is 8. The molecule has 3 rings (SSSR count). The third-order valence-electron chi connectivity index (χ3n) is 4.44. The van der Waals surface area contributed by atoms with Crippen molar-refractivity contribution in [3.8, 4) is 23.0 Å².